The third-order valence-electron chi connectivity index (χ3n) is 20.5. The Morgan fingerprint density at radius 3 is 1.41 bits per heavy atom. The number of hydrogen-bond donors (Lipinski definition) is 4. The summed E-state index contributed by atoms with van der Waals surface area (Å²) in [5, 5.41) is 30.4. The minimum absolute atomic E-state index is 0.124. The molecule has 0 saturated heterocycles. The van der Waals surface area contributed by atoms with Crippen LogP contribution in [0.1, 0.15) is 172 Å². The lowest BCUT2D eigenvalue weighted by molar-refractivity contribution is -0.247. The summed E-state index contributed by atoms with van der Waals surface area (Å²) >= 11 is 0. The normalized spacial score (nSPS) is 14.7. The van der Waals surface area contributed by atoms with Crippen LogP contribution in [0.25, 0.3) is 57.4 Å². The Kier molecular flexibility index (Phi) is 32.1. The highest BCUT2D eigenvalue weighted by molar-refractivity contribution is 7.91. The number of alkyl halides is 6. The molecule has 15 nitrogen and oxygen atoms in total. The molecule has 1 heterocycles. The van der Waals surface area contributed by atoms with Gasteiger partial charge in [-0.3, -0.25) is 0 Å². The number of aromatic hydroxyl groups is 1. The van der Waals surface area contributed by atoms with Crippen molar-refractivity contribution in [2.45, 2.75) is 184 Å². The Labute approximate surface area is 662 Å². The van der Waals surface area contributed by atoms with Crippen LogP contribution in [0.2, 0.25) is 0 Å². The number of sulfone groups is 1. The molecule has 113 heavy (non-hydrogen) atoms. The molecule has 0 aliphatic heterocycles. The maximum atomic E-state index is 13.8. The van der Waals surface area contributed by atoms with Crippen LogP contribution in [0, 0.1) is 5.92 Å². The molecule has 10 aromatic carbocycles. The number of halogens is 6. The number of benzene rings is 10. The molecule has 0 radical (unpaired) electrons. The van der Waals surface area contributed by atoms with Crippen molar-refractivity contribution >= 4 is 93.0 Å². The van der Waals surface area contributed by atoms with Crippen molar-refractivity contribution in [3.05, 3.63) is 229 Å². The van der Waals surface area contributed by atoms with Gasteiger partial charge < -0.3 is 43.4 Å². The molecule has 1 aliphatic carbocycles. The van der Waals surface area contributed by atoms with E-state index in [1.165, 1.54) is 110 Å². The minimum atomic E-state index is -7.35. The molecule has 1 saturated carbocycles. The lowest BCUT2D eigenvalue weighted by atomic mass is 9.87. The summed E-state index contributed by atoms with van der Waals surface area (Å²) in [6.07, 6.45) is 11.4. The van der Waals surface area contributed by atoms with Gasteiger partial charge in [-0.25, -0.2) is 16.8 Å². The molecule has 11 aromatic rings. The Balaban J connectivity index is 0.000000181. The number of phenols is 1. The van der Waals surface area contributed by atoms with E-state index in [2.05, 4.69) is 125 Å². The standard InChI is InChI=1S/C24H34O2.C20H17O3S2.C17H16F6O6S2.C14H16O.C13H20O3/c1-4-18(2)21-10-11-23-17-24(13-12-22(23)16-21)26-19(3)25-15-14-20-8-6-5-7-9-20;21-13-14-25(22,23)16-11-9-15(10-12-16)24-19-7-3-1-5-17(19)18-6-2-4-8-20(18)24;1-3-10(2)11-4-5-13-9-14(7-6-12(13)8-11)29-31(27,28)17(22,23)15(18,19)16(20,21)30(24,25)26;1-3-10(2)11-4-5-13-9-14(15)7-6-12(13)8-11;1-3-10(2)11-4-6-13(7-5-11)16-9-12(15)8-14/h10-13,16-20H,4-9,14-15H2,1-3H3;1-12,21H,13-14H2;4-10H,3H2,1-2H3,(H,24,25,26);4-10,15H,3H2,1-2H3;4-7,10,12,14-15H,3,8-9H2,1-2H3/q;+1;;;/p-1. The third kappa shape index (κ3) is 23.0. The highest BCUT2D eigenvalue weighted by Gasteiger charge is 2.81. The molecular formula is C88H102F6O15S4. The molecule has 0 bridgehead atoms. The molecule has 0 amide bonds. The van der Waals surface area contributed by atoms with Gasteiger partial charge >= 0.3 is 26.5 Å². The average Bonchev–Trinajstić information content (AvgIpc) is 0.944. The Morgan fingerprint density at radius 2 is 0.929 bits per heavy atom. The van der Waals surface area contributed by atoms with E-state index in [1.807, 2.05) is 87.5 Å². The van der Waals surface area contributed by atoms with Gasteiger partial charge in [-0.05, 0) is 220 Å². The second-order valence-electron chi connectivity index (χ2n) is 28.5. The third-order valence-corrected chi connectivity index (χ3v) is 26.8. The predicted molar refractivity (Wildman–Crippen MR) is 439 cm³/mol. The van der Waals surface area contributed by atoms with Crippen molar-refractivity contribution in [1.82, 2.24) is 0 Å². The maximum absolute atomic E-state index is 13.8. The van der Waals surface area contributed by atoms with E-state index < -0.39 is 58.4 Å². The largest absolute Gasteiger partial charge is 0.743 e. The zero-order valence-corrected chi connectivity index (χ0v) is 68.2. The van der Waals surface area contributed by atoms with Crippen molar-refractivity contribution in [2.24, 2.45) is 5.92 Å². The van der Waals surface area contributed by atoms with Crippen molar-refractivity contribution in [3.8, 4) is 27.9 Å². The van der Waals surface area contributed by atoms with Crippen molar-refractivity contribution in [1.29, 1.82) is 0 Å². The lowest BCUT2D eigenvalue weighted by Crippen LogP contribution is -2.61. The monoisotopic (exact) mass is 1640 g/mol. The summed E-state index contributed by atoms with van der Waals surface area (Å²) in [4.78, 5) is 1.36. The first kappa shape index (κ1) is 90.2. The number of aliphatic hydroxyl groups is 3. The number of ether oxygens (including phenoxy) is 3. The molecule has 0 spiro atoms. The first-order valence-electron chi connectivity index (χ1n) is 38.0. The molecular weight excluding hydrogens is 1540 g/mol. The average molecular weight is 1640 g/mol. The van der Waals surface area contributed by atoms with Crippen LogP contribution in [-0.4, -0.2) is 111 Å². The van der Waals surface area contributed by atoms with E-state index in [-0.39, 0.29) is 58.5 Å². The summed E-state index contributed by atoms with van der Waals surface area (Å²) in [5.74, 6) is -3.57. The molecule has 4 N–H and O–H groups in total. The zero-order chi connectivity index (χ0) is 82.6. The molecule has 6 unspecified atom stereocenters. The Hall–Kier alpha value is -8.37. The zero-order valence-electron chi connectivity index (χ0n) is 65.0. The summed E-state index contributed by atoms with van der Waals surface area (Å²) in [7, 11) is -17.9. The second kappa shape index (κ2) is 40.3. The fourth-order valence-corrected chi connectivity index (χ4v) is 17.6. The van der Waals surface area contributed by atoms with Crippen molar-refractivity contribution in [2.75, 3.05) is 32.2 Å². The van der Waals surface area contributed by atoms with E-state index in [1.54, 1.807) is 36.4 Å². The van der Waals surface area contributed by atoms with Crippen molar-refractivity contribution in [3.63, 3.8) is 0 Å². The van der Waals surface area contributed by atoms with Gasteiger partial charge in [0.2, 0.25) is 0 Å². The van der Waals surface area contributed by atoms with Gasteiger partial charge in [0.15, 0.2) is 40.5 Å². The van der Waals surface area contributed by atoms with E-state index in [0.717, 1.165) is 71.3 Å². The van der Waals surface area contributed by atoms with Crippen LogP contribution in [-0.2, 0) is 34.8 Å². The van der Waals surface area contributed by atoms with Gasteiger partial charge in [0.25, 0.3) is 0 Å². The molecule has 12 rings (SSSR count). The van der Waals surface area contributed by atoms with Crippen LogP contribution >= 0.6 is 10.5 Å². The van der Waals surface area contributed by atoms with E-state index in [4.69, 9.17) is 29.5 Å². The fourth-order valence-electron chi connectivity index (χ4n) is 12.8. The molecule has 1 aliphatic rings. The van der Waals surface area contributed by atoms with Gasteiger partial charge in [-0.1, -0.05) is 197 Å². The molecule has 25 heteroatoms. The molecule has 1 fully saturated rings. The number of thiophene rings is 1. The number of aliphatic hydroxyl groups excluding tert-OH is 3. The summed E-state index contributed by atoms with van der Waals surface area (Å²) < 4.78 is 183. The lowest BCUT2D eigenvalue weighted by Gasteiger charge is -2.32. The Bertz CT molecular complexity index is 5220. The van der Waals surface area contributed by atoms with Gasteiger partial charge in [0.1, 0.15) is 35.7 Å². The van der Waals surface area contributed by atoms with Gasteiger partial charge in [0.05, 0.1) is 30.5 Å². The Morgan fingerprint density at radius 1 is 0.504 bits per heavy atom. The van der Waals surface area contributed by atoms with Gasteiger partial charge in [-0.2, -0.15) is 34.8 Å². The molecule has 1 aromatic heterocycles. The highest BCUT2D eigenvalue weighted by Crippen LogP contribution is 2.52. The van der Waals surface area contributed by atoms with Crippen LogP contribution < -0.4 is 13.7 Å². The quantitative estimate of drug-likeness (QED) is 0.0117. The number of fused-ring (bicyclic) bond motifs is 6. The predicted octanol–water partition coefficient (Wildman–Crippen LogP) is 22.0. The van der Waals surface area contributed by atoms with Crippen LogP contribution in [0.5, 0.6) is 23.0 Å². The summed E-state index contributed by atoms with van der Waals surface area (Å²) in [6.45, 7) is 19.5. The van der Waals surface area contributed by atoms with Gasteiger partial charge in [-0.15, -0.1) is 0 Å². The van der Waals surface area contributed by atoms with Crippen LogP contribution in [0.15, 0.2) is 211 Å². The highest BCUT2D eigenvalue weighted by atomic mass is 32.2. The smallest absolute Gasteiger partial charge is 0.450 e. The van der Waals surface area contributed by atoms with Gasteiger partial charge in [0, 0.05) is 21.2 Å². The van der Waals surface area contributed by atoms with E-state index >= 15 is 0 Å². The van der Waals surface area contributed by atoms with Crippen LogP contribution in [0.4, 0.5) is 26.3 Å². The van der Waals surface area contributed by atoms with Crippen LogP contribution in [0.3, 0.4) is 0 Å². The summed E-state index contributed by atoms with van der Waals surface area (Å²) in [6, 6.07) is 64.5. The SMILES string of the molecule is CCC(C)c1ccc(OCC(O)CO)cc1.CCC(C)c1ccc2cc(O)ccc2c1.CCC(C)c1ccc2cc(OC(C)OCCC3CCCCC3)ccc2c1.CCC(C)c1ccc2cc(OS(=O)(=O)C(F)(F)C(F)(F)C(F)(F)S(=O)(=O)[O-])ccc2c1.O=S(=O)(CCO)c1ccc(-[s+]2c3ccccc3c3ccccc32)cc1. The minimum Gasteiger partial charge on any atom is -0.743 e. The number of phenolic OH excluding ortho intramolecular Hbond substituents is 1. The first-order chi connectivity index (χ1) is 53.5. The topological polar surface area (TPSA) is 243 Å². The maximum Gasteiger partial charge on any atom is 0.450 e. The fraction of sp³-hybridized carbons (Fsp3) is 0.386. The second-order valence-corrected chi connectivity index (χ2v) is 35.6. The molecule has 6 atom stereocenters. The first-order valence-corrected chi connectivity index (χ1v) is 43.7. The summed E-state index contributed by atoms with van der Waals surface area (Å²) in [5.41, 5.74) is 4.98. The number of rotatable bonds is 28. The number of hydrogen-bond acceptors (Lipinski definition) is 15. The van der Waals surface area contributed by atoms with Crippen molar-refractivity contribution < 1.29 is 95.0 Å². The molecule has 610 valence electrons. The van der Waals surface area contributed by atoms with E-state index in [0.29, 0.717) is 28.9 Å². The van der Waals surface area contributed by atoms with E-state index in [9.17, 15) is 61.3 Å².